The van der Waals surface area contributed by atoms with Crippen LogP contribution in [-0.2, 0) is 9.53 Å². The normalized spacial score (nSPS) is 10.0. The van der Waals surface area contributed by atoms with Crippen molar-refractivity contribution in [3.8, 4) is 0 Å². The summed E-state index contributed by atoms with van der Waals surface area (Å²) in [5.74, 6) is -1.95. The fourth-order valence-corrected chi connectivity index (χ4v) is 1.74. The molecule has 0 aliphatic carbocycles. The van der Waals surface area contributed by atoms with Crippen molar-refractivity contribution in [2.45, 2.75) is 13.3 Å². The van der Waals surface area contributed by atoms with Gasteiger partial charge in [0.1, 0.15) is 11.4 Å². The Morgan fingerprint density at radius 2 is 2.10 bits per heavy atom. The lowest BCUT2D eigenvalue weighted by atomic mass is 10.1. The number of nitro groups is 1. The van der Waals surface area contributed by atoms with E-state index in [1.807, 2.05) is 0 Å². The van der Waals surface area contributed by atoms with E-state index in [1.54, 1.807) is 6.92 Å². The molecule has 1 amide bonds. The van der Waals surface area contributed by atoms with Crippen LogP contribution in [0.2, 0.25) is 0 Å². The molecular formula is C13H15FN2O5. The number of hydrogen-bond acceptors (Lipinski definition) is 5. The van der Waals surface area contributed by atoms with E-state index in [4.69, 9.17) is 0 Å². The number of amides is 1. The predicted molar refractivity (Wildman–Crippen MR) is 71.3 cm³/mol. The number of halogens is 1. The summed E-state index contributed by atoms with van der Waals surface area (Å²) in [6.07, 6.45) is -0.0425. The molecule has 0 fully saturated rings. The van der Waals surface area contributed by atoms with Crippen molar-refractivity contribution < 1.29 is 23.6 Å². The third-order valence-corrected chi connectivity index (χ3v) is 2.87. The summed E-state index contributed by atoms with van der Waals surface area (Å²) in [5.41, 5.74) is -0.815. The number of nitro benzene ring substituents is 1. The van der Waals surface area contributed by atoms with Gasteiger partial charge in [-0.15, -0.1) is 0 Å². The molecule has 0 aliphatic rings. The van der Waals surface area contributed by atoms with Crippen molar-refractivity contribution in [1.29, 1.82) is 0 Å². The quantitative estimate of drug-likeness (QED) is 0.453. The Morgan fingerprint density at radius 1 is 1.43 bits per heavy atom. The van der Waals surface area contributed by atoms with E-state index in [0.29, 0.717) is 0 Å². The number of ether oxygens (including phenoxy) is 1. The van der Waals surface area contributed by atoms with Crippen LogP contribution in [0.15, 0.2) is 18.2 Å². The van der Waals surface area contributed by atoms with Crippen molar-refractivity contribution >= 4 is 17.6 Å². The first-order valence-electron chi connectivity index (χ1n) is 6.20. The molecule has 8 heteroatoms. The highest BCUT2D eigenvalue weighted by atomic mass is 19.1. The summed E-state index contributed by atoms with van der Waals surface area (Å²) >= 11 is 0. The minimum atomic E-state index is -0.749. The molecule has 114 valence electrons. The van der Waals surface area contributed by atoms with Crippen molar-refractivity contribution in [1.82, 2.24) is 4.90 Å². The van der Waals surface area contributed by atoms with Crippen LogP contribution in [0.4, 0.5) is 10.1 Å². The van der Waals surface area contributed by atoms with E-state index >= 15 is 0 Å². The fourth-order valence-electron chi connectivity index (χ4n) is 1.74. The molecule has 0 bridgehead atoms. The Bertz CT molecular complexity index is 561. The van der Waals surface area contributed by atoms with Gasteiger partial charge < -0.3 is 9.64 Å². The second-order valence-electron chi connectivity index (χ2n) is 4.13. The molecule has 7 nitrogen and oxygen atoms in total. The molecule has 0 aliphatic heterocycles. The molecule has 1 aromatic carbocycles. The van der Waals surface area contributed by atoms with Gasteiger partial charge in [-0.2, -0.15) is 0 Å². The second-order valence-corrected chi connectivity index (χ2v) is 4.13. The number of esters is 1. The molecule has 0 saturated heterocycles. The first-order chi connectivity index (χ1) is 9.90. The van der Waals surface area contributed by atoms with Gasteiger partial charge in [-0.3, -0.25) is 19.7 Å². The zero-order valence-corrected chi connectivity index (χ0v) is 11.7. The van der Waals surface area contributed by atoms with E-state index in [-0.39, 0.29) is 25.1 Å². The van der Waals surface area contributed by atoms with E-state index < -0.39 is 28.3 Å². The molecule has 0 heterocycles. The molecule has 0 saturated carbocycles. The zero-order valence-electron chi connectivity index (χ0n) is 11.7. The van der Waals surface area contributed by atoms with Gasteiger partial charge in [-0.25, -0.2) is 4.39 Å². The average Bonchev–Trinajstić information content (AvgIpc) is 2.46. The van der Waals surface area contributed by atoms with Gasteiger partial charge in [0.25, 0.3) is 11.6 Å². The molecular weight excluding hydrogens is 283 g/mol. The van der Waals surface area contributed by atoms with Crippen LogP contribution < -0.4 is 0 Å². The van der Waals surface area contributed by atoms with Gasteiger partial charge in [0.15, 0.2) is 0 Å². The van der Waals surface area contributed by atoms with Crippen molar-refractivity contribution in [3.05, 3.63) is 39.7 Å². The number of methoxy groups -OCH3 is 1. The molecule has 0 N–H and O–H groups in total. The van der Waals surface area contributed by atoms with Crippen molar-refractivity contribution in [2.75, 3.05) is 20.2 Å². The lowest BCUT2D eigenvalue weighted by Crippen LogP contribution is -2.33. The van der Waals surface area contributed by atoms with Crippen LogP contribution in [0.25, 0.3) is 0 Å². The van der Waals surface area contributed by atoms with Crippen molar-refractivity contribution in [3.63, 3.8) is 0 Å². The Labute approximate surface area is 120 Å². The third kappa shape index (κ3) is 4.23. The number of hydrogen-bond donors (Lipinski definition) is 0. The highest BCUT2D eigenvalue weighted by Crippen LogP contribution is 2.21. The summed E-state index contributed by atoms with van der Waals surface area (Å²) in [6, 6.07) is 2.68. The fraction of sp³-hybridized carbons (Fsp3) is 0.385. The Balaban J connectivity index is 3.02. The van der Waals surface area contributed by atoms with Crippen LogP contribution >= 0.6 is 0 Å². The minimum Gasteiger partial charge on any atom is -0.469 e. The summed E-state index contributed by atoms with van der Waals surface area (Å²) in [7, 11) is 1.22. The van der Waals surface area contributed by atoms with Gasteiger partial charge >= 0.3 is 5.97 Å². The number of rotatable bonds is 6. The molecule has 0 atom stereocenters. The predicted octanol–water partition coefficient (Wildman–Crippen LogP) is 1.76. The van der Waals surface area contributed by atoms with E-state index in [1.165, 1.54) is 12.0 Å². The van der Waals surface area contributed by atoms with Gasteiger partial charge in [-0.05, 0) is 19.1 Å². The zero-order chi connectivity index (χ0) is 16.0. The van der Waals surface area contributed by atoms with Gasteiger partial charge in [0.2, 0.25) is 0 Å². The maximum Gasteiger partial charge on any atom is 0.307 e. The number of nitrogens with zero attached hydrogens (tertiary/aromatic N) is 2. The van der Waals surface area contributed by atoms with Crippen LogP contribution in [0, 0.1) is 15.9 Å². The maximum absolute atomic E-state index is 13.2. The first kappa shape index (κ1) is 16.5. The smallest absolute Gasteiger partial charge is 0.307 e. The molecule has 21 heavy (non-hydrogen) atoms. The monoisotopic (exact) mass is 298 g/mol. The molecule has 0 aromatic heterocycles. The van der Waals surface area contributed by atoms with E-state index in [2.05, 4.69) is 4.74 Å². The Morgan fingerprint density at radius 3 is 2.62 bits per heavy atom. The molecule has 0 radical (unpaired) electrons. The van der Waals surface area contributed by atoms with Gasteiger partial charge in [0.05, 0.1) is 18.5 Å². The number of carbonyl (C=O) groups excluding carboxylic acids is 2. The first-order valence-corrected chi connectivity index (χ1v) is 6.20. The lowest BCUT2D eigenvalue weighted by Gasteiger charge is -2.20. The van der Waals surface area contributed by atoms with Crippen LogP contribution in [0.1, 0.15) is 23.7 Å². The summed E-state index contributed by atoms with van der Waals surface area (Å²) in [6.45, 7) is 1.92. The van der Waals surface area contributed by atoms with Crippen LogP contribution in [-0.4, -0.2) is 41.9 Å². The Hall–Kier alpha value is -2.51. The standard InChI is InChI=1S/C13H15FN2O5/c1-3-15(7-6-12(17)21-2)13(18)10-8-9(14)4-5-11(10)16(19)20/h4-5,8H,3,6-7H2,1-2H3. The topological polar surface area (TPSA) is 89.8 Å². The second kappa shape index (κ2) is 7.32. The SMILES string of the molecule is CCN(CCC(=O)OC)C(=O)c1cc(F)ccc1[N+](=O)[O-]. The molecule has 0 spiro atoms. The van der Waals surface area contributed by atoms with Crippen molar-refractivity contribution in [2.24, 2.45) is 0 Å². The lowest BCUT2D eigenvalue weighted by molar-refractivity contribution is -0.385. The molecule has 1 rings (SSSR count). The number of carbonyl (C=O) groups is 2. The van der Waals surface area contributed by atoms with Gasteiger partial charge in [-0.1, -0.05) is 0 Å². The third-order valence-electron chi connectivity index (χ3n) is 2.87. The highest BCUT2D eigenvalue weighted by molar-refractivity contribution is 5.98. The summed E-state index contributed by atoms with van der Waals surface area (Å²) in [5, 5.41) is 10.9. The number of benzene rings is 1. The Kier molecular flexibility index (Phi) is 5.77. The van der Waals surface area contributed by atoms with Crippen LogP contribution in [0.3, 0.4) is 0 Å². The average molecular weight is 298 g/mol. The van der Waals surface area contributed by atoms with E-state index in [0.717, 1.165) is 18.2 Å². The molecule has 1 aromatic rings. The summed E-state index contributed by atoms with van der Waals surface area (Å²) in [4.78, 5) is 34.7. The highest BCUT2D eigenvalue weighted by Gasteiger charge is 2.25. The van der Waals surface area contributed by atoms with Crippen LogP contribution in [0.5, 0.6) is 0 Å². The minimum absolute atomic E-state index is 0.0374. The molecule has 0 unspecified atom stereocenters. The summed E-state index contributed by atoms with van der Waals surface area (Å²) < 4.78 is 17.7. The maximum atomic E-state index is 13.2. The van der Waals surface area contributed by atoms with E-state index in [9.17, 15) is 24.1 Å². The largest absolute Gasteiger partial charge is 0.469 e. The van der Waals surface area contributed by atoms with Gasteiger partial charge in [0, 0.05) is 19.2 Å².